The van der Waals surface area contributed by atoms with Crippen LogP contribution in [0.5, 0.6) is 0 Å². The predicted molar refractivity (Wildman–Crippen MR) is 57.4 cm³/mol. The summed E-state index contributed by atoms with van der Waals surface area (Å²) in [6.07, 6.45) is 0.0411. The molecule has 2 atom stereocenters. The average molecular weight is 250 g/mol. The van der Waals surface area contributed by atoms with Gasteiger partial charge in [0.15, 0.2) is 6.10 Å². The van der Waals surface area contributed by atoms with Crippen LogP contribution in [-0.2, 0) is 14.3 Å². The predicted octanol–water partition coefficient (Wildman–Crippen LogP) is 0.398. The number of rotatable bonds is 10. The Morgan fingerprint density at radius 1 is 1.18 bits per heavy atom. The highest BCUT2D eigenvalue weighted by molar-refractivity contribution is 5.76. The summed E-state index contributed by atoms with van der Waals surface area (Å²) in [5.41, 5.74) is 5.21. The molecule has 7 heteroatoms. The quantitative estimate of drug-likeness (QED) is 0.484. The largest absolute Gasteiger partial charge is 0.480 e. The number of carbonyl (C=O) groups is 2. The van der Waals surface area contributed by atoms with Gasteiger partial charge in [-0.25, -0.2) is 4.79 Å². The van der Waals surface area contributed by atoms with Gasteiger partial charge in [-0.3, -0.25) is 9.18 Å². The van der Waals surface area contributed by atoms with Gasteiger partial charge in [0.2, 0.25) is 0 Å². The van der Waals surface area contributed by atoms with E-state index in [1.165, 1.54) is 0 Å². The topological polar surface area (TPSA) is 110 Å². The number of hydrogen-bond acceptors (Lipinski definition) is 4. The van der Waals surface area contributed by atoms with Gasteiger partial charge in [-0.1, -0.05) is 0 Å². The first-order valence-electron chi connectivity index (χ1n) is 5.37. The minimum atomic E-state index is -1.27. The van der Waals surface area contributed by atoms with Crippen molar-refractivity contribution in [1.29, 1.82) is 0 Å². The fraction of sp³-hybridized carbons (Fsp3) is 0.800. The summed E-state index contributed by atoms with van der Waals surface area (Å²) >= 11 is 0. The van der Waals surface area contributed by atoms with Crippen LogP contribution < -0.4 is 5.73 Å². The first-order chi connectivity index (χ1) is 7.99. The number of unbranched alkanes of at least 4 members (excludes halogenated alkanes) is 2. The molecule has 0 radical (unpaired) electrons. The van der Waals surface area contributed by atoms with Crippen molar-refractivity contribution in [2.75, 3.05) is 13.3 Å². The van der Waals surface area contributed by atoms with Crippen molar-refractivity contribution in [3.8, 4) is 0 Å². The van der Waals surface area contributed by atoms with Gasteiger partial charge >= 0.3 is 11.9 Å². The van der Waals surface area contributed by atoms with Crippen molar-refractivity contribution in [3.63, 3.8) is 0 Å². The third kappa shape index (κ3) is 7.64. The van der Waals surface area contributed by atoms with Gasteiger partial charge in [0, 0.05) is 13.0 Å². The molecule has 0 aliphatic carbocycles. The van der Waals surface area contributed by atoms with Crippen molar-refractivity contribution in [2.45, 2.75) is 37.8 Å². The molecule has 2 unspecified atom stereocenters. The van der Waals surface area contributed by atoms with E-state index in [0.717, 1.165) is 0 Å². The average Bonchev–Trinajstić information content (AvgIpc) is 2.26. The Balaban J connectivity index is 3.91. The SMILES string of the molecule is NC(CC(OCCCCC[18F])C(=O)O)C(=O)O. The standard InChI is InChI=1S/C10H18FNO5/c11-4-2-1-3-5-17-8(10(15)16)6-7(12)9(13)14/h7-8H,1-6,12H2,(H,13,14)(H,15,16)/i11-1. The highest BCUT2D eigenvalue weighted by atomic mass is 18.2. The van der Waals surface area contributed by atoms with Crippen LogP contribution in [-0.4, -0.2) is 47.6 Å². The molecule has 17 heavy (non-hydrogen) atoms. The van der Waals surface area contributed by atoms with Gasteiger partial charge in [-0.05, 0) is 19.3 Å². The Bertz CT molecular complexity index is 249. The smallest absolute Gasteiger partial charge is 0.332 e. The van der Waals surface area contributed by atoms with Gasteiger partial charge in [0.05, 0.1) is 6.67 Å². The molecule has 6 nitrogen and oxygen atoms in total. The van der Waals surface area contributed by atoms with E-state index < -0.39 is 30.8 Å². The Morgan fingerprint density at radius 2 is 1.82 bits per heavy atom. The number of hydrogen-bond donors (Lipinski definition) is 3. The molecule has 0 bridgehead atoms. The maximum Gasteiger partial charge on any atom is 0.332 e. The van der Waals surface area contributed by atoms with Crippen LogP contribution in [0.4, 0.5) is 4.39 Å². The minimum Gasteiger partial charge on any atom is -0.480 e. The van der Waals surface area contributed by atoms with E-state index in [-0.39, 0.29) is 13.0 Å². The molecule has 0 aromatic carbocycles. The zero-order chi connectivity index (χ0) is 13.3. The molecule has 0 rings (SSSR count). The molecule has 0 aliphatic heterocycles. The van der Waals surface area contributed by atoms with Crippen LogP contribution in [0, 0.1) is 0 Å². The Labute approximate surface area is 98.6 Å². The molecular formula is C10H18FNO5. The third-order valence-corrected chi connectivity index (χ3v) is 2.16. The van der Waals surface area contributed by atoms with Crippen LogP contribution in [0.2, 0.25) is 0 Å². The Hall–Kier alpha value is -1.21. The zero-order valence-corrected chi connectivity index (χ0v) is 9.47. The molecule has 0 aromatic rings. The van der Waals surface area contributed by atoms with Gasteiger partial charge in [0.1, 0.15) is 6.04 Å². The van der Waals surface area contributed by atoms with Crippen molar-refractivity contribution >= 4 is 11.9 Å². The number of aliphatic carboxylic acids is 2. The summed E-state index contributed by atoms with van der Waals surface area (Å²) in [6.45, 7) is -0.254. The van der Waals surface area contributed by atoms with E-state index in [9.17, 15) is 14.0 Å². The number of carboxylic acids is 2. The minimum absolute atomic E-state index is 0.156. The monoisotopic (exact) mass is 250 g/mol. The first kappa shape index (κ1) is 15.8. The molecule has 4 N–H and O–H groups in total. The molecule has 0 saturated heterocycles. The number of alkyl halides is 1. The lowest BCUT2D eigenvalue weighted by atomic mass is 10.1. The second-order valence-electron chi connectivity index (χ2n) is 3.63. The van der Waals surface area contributed by atoms with Crippen molar-refractivity contribution in [1.82, 2.24) is 0 Å². The molecular weight excluding hydrogens is 232 g/mol. The number of carboxylic acid groups (broad SMARTS) is 2. The normalized spacial score (nSPS) is 14.2. The summed E-state index contributed by atoms with van der Waals surface area (Å²) in [7, 11) is 0. The maximum absolute atomic E-state index is 11.8. The van der Waals surface area contributed by atoms with Crippen LogP contribution in [0.15, 0.2) is 0 Å². The highest BCUT2D eigenvalue weighted by Crippen LogP contribution is 2.05. The third-order valence-electron chi connectivity index (χ3n) is 2.16. The fourth-order valence-corrected chi connectivity index (χ4v) is 1.17. The Kier molecular flexibility index (Phi) is 8.25. The summed E-state index contributed by atoms with van der Waals surface area (Å²) < 4.78 is 16.8. The van der Waals surface area contributed by atoms with E-state index in [1.807, 2.05) is 0 Å². The number of ether oxygens (including phenoxy) is 1. The lowest BCUT2D eigenvalue weighted by Gasteiger charge is -2.15. The molecule has 0 fully saturated rings. The summed E-state index contributed by atoms with van der Waals surface area (Å²) in [5.74, 6) is -2.51. The maximum atomic E-state index is 11.8. The second kappa shape index (κ2) is 8.89. The molecule has 0 saturated carbocycles. The lowest BCUT2D eigenvalue weighted by molar-refractivity contribution is -0.152. The Morgan fingerprint density at radius 3 is 2.29 bits per heavy atom. The van der Waals surface area contributed by atoms with Crippen LogP contribution in [0.25, 0.3) is 0 Å². The molecule has 0 aromatic heterocycles. The highest BCUT2D eigenvalue weighted by Gasteiger charge is 2.24. The molecule has 0 amide bonds. The number of halogens is 1. The van der Waals surface area contributed by atoms with Crippen molar-refractivity contribution in [3.05, 3.63) is 0 Å². The van der Waals surface area contributed by atoms with Crippen molar-refractivity contribution in [2.24, 2.45) is 5.73 Å². The summed E-state index contributed by atoms with van der Waals surface area (Å²) in [6, 6.07) is -1.26. The number of nitrogens with two attached hydrogens (primary N) is 1. The van der Waals surface area contributed by atoms with E-state index >= 15 is 0 Å². The second-order valence-corrected chi connectivity index (χ2v) is 3.63. The van der Waals surface area contributed by atoms with E-state index in [0.29, 0.717) is 19.3 Å². The van der Waals surface area contributed by atoms with Gasteiger partial charge in [-0.15, -0.1) is 0 Å². The van der Waals surface area contributed by atoms with Crippen molar-refractivity contribution < 1.29 is 28.9 Å². The van der Waals surface area contributed by atoms with E-state index in [1.54, 1.807) is 0 Å². The zero-order valence-electron chi connectivity index (χ0n) is 9.47. The van der Waals surface area contributed by atoms with Crippen LogP contribution in [0.1, 0.15) is 25.7 Å². The van der Waals surface area contributed by atoms with E-state index in [4.69, 9.17) is 20.7 Å². The first-order valence-corrected chi connectivity index (χ1v) is 5.37. The van der Waals surface area contributed by atoms with Crippen LogP contribution in [0.3, 0.4) is 0 Å². The molecule has 0 heterocycles. The van der Waals surface area contributed by atoms with Gasteiger partial charge in [-0.2, -0.15) is 0 Å². The molecule has 100 valence electrons. The van der Waals surface area contributed by atoms with Crippen LogP contribution >= 0.6 is 0 Å². The summed E-state index contributed by atoms with van der Waals surface area (Å²) in [4.78, 5) is 21.2. The lowest BCUT2D eigenvalue weighted by Crippen LogP contribution is -2.38. The molecule has 0 aliphatic rings. The molecule has 0 spiro atoms. The van der Waals surface area contributed by atoms with Gasteiger partial charge in [0.25, 0.3) is 0 Å². The summed E-state index contributed by atoms with van der Waals surface area (Å²) in [5, 5.41) is 17.3. The van der Waals surface area contributed by atoms with Gasteiger partial charge < -0.3 is 20.7 Å². The fourth-order valence-electron chi connectivity index (χ4n) is 1.17. The van der Waals surface area contributed by atoms with E-state index in [2.05, 4.69) is 0 Å².